The average Bonchev–Trinajstić information content (AvgIpc) is 3.38. The first-order chi connectivity index (χ1) is 14.8. The second-order valence-corrected chi connectivity index (χ2v) is 9.20. The van der Waals surface area contributed by atoms with Gasteiger partial charge >= 0.3 is 0 Å². The molecule has 1 amide bonds. The van der Waals surface area contributed by atoms with Crippen molar-refractivity contribution in [3.8, 4) is 10.7 Å². The third kappa shape index (κ3) is 4.46. The van der Waals surface area contributed by atoms with Crippen LogP contribution < -0.4 is 5.56 Å². The molecule has 1 aliphatic rings. The van der Waals surface area contributed by atoms with Crippen LogP contribution in [-0.4, -0.2) is 48.6 Å². The minimum Gasteiger partial charge on any atom is -0.343 e. The number of nitrogens with zero attached hydrogens (tertiary/aromatic N) is 5. The van der Waals surface area contributed by atoms with Crippen LogP contribution in [0.2, 0.25) is 0 Å². The normalized spacial score (nSPS) is 15.9. The van der Waals surface area contributed by atoms with Crippen molar-refractivity contribution in [2.75, 3.05) is 13.1 Å². The molecule has 0 aromatic carbocycles. The Hall–Kier alpha value is -2.81. The van der Waals surface area contributed by atoms with E-state index in [1.165, 1.54) is 23.0 Å². The molecule has 4 heterocycles. The van der Waals surface area contributed by atoms with Gasteiger partial charge in [-0.05, 0) is 46.1 Å². The zero-order valence-corrected chi connectivity index (χ0v) is 19.2. The van der Waals surface area contributed by atoms with Crippen LogP contribution in [0.5, 0.6) is 0 Å². The van der Waals surface area contributed by atoms with Gasteiger partial charge < -0.3 is 9.88 Å². The molecule has 0 saturated carbocycles. The summed E-state index contributed by atoms with van der Waals surface area (Å²) in [6.45, 7) is 9.49. The minimum atomic E-state index is -0.164. The largest absolute Gasteiger partial charge is 0.343 e. The summed E-state index contributed by atoms with van der Waals surface area (Å²) in [5, 5.41) is 7.21. The molecule has 1 atom stereocenters. The maximum Gasteiger partial charge on any atom is 0.251 e. The van der Waals surface area contributed by atoms with Crippen LogP contribution in [0.15, 0.2) is 22.4 Å². The highest BCUT2D eigenvalue weighted by Gasteiger charge is 2.27. The van der Waals surface area contributed by atoms with Crippen molar-refractivity contribution in [2.24, 2.45) is 0 Å². The van der Waals surface area contributed by atoms with Crippen LogP contribution in [0.25, 0.3) is 10.7 Å². The van der Waals surface area contributed by atoms with E-state index in [0.29, 0.717) is 31.0 Å². The molecule has 1 fully saturated rings. The molecule has 31 heavy (non-hydrogen) atoms. The van der Waals surface area contributed by atoms with Gasteiger partial charge in [-0.15, -0.1) is 11.3 Å². The van der Waals surface area contributed by atoms with E-state index in [-0.39, 0.29) is 23.4 Å². The fourth-order valence-electron chi connectivity index (χ4n) is 4.17. The number of carbonyl (C=O) groups excluding carboxylic acids is 1. The second-order valence-electron chi connectivity index (χ2n) is 8.30. The third-order valence-corrected chi connectivity index (χ3v) is 7.02. The van der Waals surface area contributed by atoms with E-state index in [1.807, 2.05) is 28.8 Å². The number of hydrogen-bond acceptors (Lipinski definition) is 6. The summed E-state index contributed by atoms with van der Waals surface area (Å²) in [6, 6.07) is 1.51. The molecule has 8 nitrogen and oxygen atoms in total. The molecule has 0 spiro atoms. The number of aryl methyl sites for hydroxylation is 1. The second kappa shape index (κ2) is 8.74. The lowest BCUT2D eigenvalue weighted by molar-refractivity contribution is -0.133. The van der Waals surface area contributed by atoms with E-state index in [2.05, 4.69) is 33.9 Å². The van der Waals surface area contributed by atoms with E-state index in [9.17, 15) is 9.59 Å². The average molecular weight is 441 g/mol. The van der Waals surface area contributed by atoms with Gasteiger partial charge in [0.05, 0.1) is 11.7 Å². The topological polar surface area (TPSA) is 96.8 Å². The molecule has 9 heteroatoms. The standard InChI is InChI=1S/C22H28N6O2S/c1-13(28-16(4)14(2)15(3)26-28)11-20(30)27-8-5-17(6-9-27)21-24-18(12-19(29)25-21)22-23-7-10-31-22/h7,10,12-13,17H,5-6,8-9,11H2,1-4H3,(H,24,25,29)/t13-/m1/s1. The van der Waals surface area contributed by atoms with Crippen LogP contribution in [0.1, 0.15) is 60.9 Å². The van der Waals surface area contributed by atoms with Crippen LogP contribution in [0.4, 0.5) is 0 Å². The van der Waals surface area contributed by atoms with Gasteiger partial charge in [0.25, 0.3) is 5.56 Å². The Kier molecular flexibility index (Phi) is 6.04. The van der Waals surface area contributed by atoms with Crippen molar-refractivity contribution in [1.29, 1.82) is 0 Å². The fraction of sp³-hybridized carbons (Fsp3) is 0.500. The number of thiazole rings is 1. The predicted octanol–water partition coefficient (Wildman–Crippen LogP) is 3.37. The van der Waals surface area contributed by atoms with E-state index in [4.69, 9.17) is 0 Å². The minimum absolute atomic E-state index is 0.0191. The number of aromatic nitrogens is 5. The smallest absolute Gasteiger partial charge is 0.251 e. The molecular weight excluding hydrogens is 412 g/mol. The highest BCUT2D eigenvalue weighted by Crippen LogP contribution is 2.28. The van der Waals surface area contributed by atoms with Gasteiger partial charge in [-0.25, -0.2) is 9.97 Å². The van der Waals surface area contributed by atoms with Crippen LogP contribution >= 0.6 is 11.3 Å². The first-order valence-corrected chi connectivity index (χ1v) is 11.5. The summed E-state index contributed by atoms with van der Waals surface area (Å²) < 4.78 is 1.97. The van der Waals surface area contributed by atoms with Gasteiger partial charge in [-0.3, -0.25) is 14.3 Å². The van der Waals surface area contributed by atoms with Gasteiger partial charge in [-0.2, -0.15) is 5.10 Å². The fourth-order valence-corrected chi connectivity index (χ4v) is 4.77. The van der Waals surface area contributed by atoms with E-state index < -0.39 is 0 Å². The Morgan fingerprint density at radius 2 is 2.03 bits per heavy atom. The number of carbonyl (C=O) groups is 1. The summed E-state index contributed by atoms with van der Waals surface area (Å²) in [5.41, 5.74) is 3.76. The molecule has 1 saturated heterocycles. The Labute approximate surface area is 185 Å². The summed E-state index contributed by atoms with van der Waals surface area (Å²) >= 11 is 1.47. The highest BCUT2D eigenvalue weighted by molar-refractivity contribution is 7.13. The Bertz CT molecular complexity index is 1130. The lowest BCUT2D eigenvalue weighted by Crippen LogP contribution is -2.39. The van der Waals surface area contributed by atoms with Crippen molar-refractivity contribution >= 4 is 17.2 Å². The van der Waals surface area contributed by atoms with Crippen LogP contribution in [0.3, 0.4) is 0 Å². The van der Waals surface area contributed by atoms with Crippen molar-refractivity contribution in [1.82, 2.24) is 29.6 Å². The zero-order chi connectivity index (χ0) is 22.1. The van der Waals surface area contributed by atoms with Gasteiger partial charge in [0.1, 0.15) is 16.5 Å². The monoisotopic (exact) mass is 440 g/mol. The number of hydrogen-bond donors (Lipinski definition) is 1. The summed E-state index contributed by atoms with van der Waals surface area (Å²) in [7, 11) is 0. The van der Waals surface area contributed by atoms with Crippen LogP contribution in [-0.2, 0) is 4.79 Å². The number of aromatic amines is 1. The van der Waals surface area contributed by atoms with Gasteiger partial charge in [0, 0.05) is 48.8 Å². The molecular formula is C22H28N6O2S. The van der Waals surface area contributed by atoms with E-state index >= 15 is 0 Å². The first kappa shape index (κ1) is 21.4. The van der Waals surface area contributed by atoms with E-state index in [0.717, 1.165) is 29.2 Å². The molecule has 1 N–H and O–H groups in total. The van der Waals surface area contributed by atoms with Crippen molar-refractivity contribution < 1.29 is 4.79 Å². The van der Waals surface area contributed by atoms with Crippen molar-refractivity contribution in [3.05, 3.63) is 50.8 Å². The maximum absolute atomic E-state index is 12.9. The number of H-pyrrole nitrogens is 1. The molecule has 3 aromatic heterocycles. The zero-order valence-electron chi connectivity index (χ0n) is 18.4. The lowest BCUT2D eigenvalue weighted by atomic mass is 9.95. The third-order valence-electron chi connectivity index (χ3n) is 6.22. The maximum atomic E-state index is 12.9. The molecule has 0 aliphatic carbocycles. The summed E-state index contributed by atoms with van der Waals surface area (Å²) in [5.74, 6) is 0.971. The summed E-state index contributed by atoms with van der Waals surface area (Å²) in [4.78, 5) is 38.8. The van der Waals surface area contributed by atoms with Gasteiger partial charge in [-0.1, -0.05) is 0 Å². The number of amides is 1. The highest BCUT2D eigenvalue weighted by atomic mass is 32.1. The predicted molar refractivity (Wildman–Crippen MR) is 120 cm³/mol. The number of rotatable bonds is 5. The quantitative estimate of drug-likeness (QED) is 0.656. The Morgan fingerprint density at radius 3 is 2.65 bits per heavy atom. The number of likely N-dealkylation sites (tertiary alicyclic amines) is 1. The Balaban J connectivity index is 1.39. The van der Waals surface area contributed by atoms with Crippen LogP contribution in [0, 0.1) is 20.8 Å². The van der Waals surface area contributed by atoms with Crippen molar-refractivity contribution in [2.45, 2.75) is 58.9 Å². The first-order valence-electron chi connectivity index (χ1n) is 10.6. The number of nitrogens with one attached hydrogen (secondary N) is 1. The molecule has 3 aromatic rings. The molecule has 0 bridgehead atoms. The van der Waals surface area contributed by atoms with E-state index in [1.54, 1.807) is 6.20 Å². The molecule has 0 radical (unpaired) electrons. The molecule has 164 valence electrons. The molecule has 4 rings (SSSR count). The number of piperidine rings is 1. The SMILES string of the molecule is Cc1nn([C@H](C)CC(=O)N2CCC(c3nc(-c4nccs4)cc(=O)[nH]3)CC2)c(C)c1C. The van der Waals surface area contributed by atoms with Gasteiger partial charge in [0.15, 0.2) is 0 Å². The Morgan fingerprint density at radius 1 is 1.29 bits per heavy atom. The van der Waals surface area contributed by atoms with Gasteiger partial charge in [0.2, 0.25) is 5.91 Å². The lowest BCUT2D eigenvalue weighted by Gasteiger charge is -2.32. The van der Waals surface area contributed by atoms with Crippen molar-refractivity contribution in [3.63, 3.8) is 0 Å². The molecule has 0 unspecified atom stereocenters. The molecule has 1 aliphatic heterocycles. The summed E-state index contributed by atoms with van der Waals surface area (Å²) in [6.07, 6.45) is 3.70.